The smallest absolute Gasteiger partial charge is 0.303 e. The van der Waals surface area contributed by atoms with E-state index in [-0.39, 0.29) is 0 Å². The van der Waals surface area contributed by atoms with Gasteiger partial charge in [-0.3, -0.25) is 0 Å². The van der Waals surface area contributed by atoms with Crippen LogP contribution in [-0.4, -0.2) is 89.3 Å². The van der Waals surface area contributed by atoms with E-state index in [0.29, 0.717) is 0 Å². The van der Waals surface area contributed by atoms with Crippen LogP contribution in [0.3, 0.4) is 0 Å². The average molecular weight is 667 g/mol. The van der Waals surface area contributed by atoms with Gasteiger partial charge in [-0.2, -0.15) is 0 Å². The van der Waals surface area contributed by atoms with E-state index in [1.165, 1.54) is 103 Å². The minimum Gasteiger partial charge on any atom is -0.425 e. The fraction of sp³-hybridized carbons (Fsp3) is 1.00. The third-order valence-corrected chi connectivity index (χ3v) is 20.2. The third kappa shape index (κ3) is 27.2. The van der Waals surface area contributed by atoms with Crippen molar-refractivity contribution in [3.8, 4) is 0 Å². The van der Waals surface area contributed by atoms with Gasteiger partial charge in [-0.15, -0.1) is 0 Å². The number of rotatable bonds is 17. The summed E-state index contributed by atoms with van der Waals surface area (Å²) in [7, 11) is -9.42. The van der Waals surface area contributed by atoms with Gasteiger partial charge in [0.25, 0.3) is 80.1 Å². The molecule has 0 radical (unpaired) electrons. The van der Waals surface area contributed by atoms with Crippen molar-refractivity contribution in [1.82, 2.24) is 0 Å². The van der Waals surface area contributed by atoms with Gasteiger partial charge in [0.2, 0.25) is 0 Å². The fourth-order valence-corrected chi connectivity index (χ4v) is 21.9. The van der Waals surface area contributed by atoms with E-state index >= 15 is 0 Å². The van der Waals surface area contributed by atoms with Crippen molar-refractivity contribution in [2.75, 3.05) is 0 Å². The Morgan fingerprint density at radius 2 is 0.639 bits per heavy atom. The Hall–Kier alpha value is 1.59. The first-order valence-electron chi connectivity index (χ1n) is 14.2. The Morgan fingerprint density at radius 3 is 0.972 bits per heavy atom. The predicted octanol–water partition coefficient (Wildman–Crippen LogP) is -1.38. The molecule has 0 aromatic heterocycles. The van der Waals surface area contributed by atoms with Gasteiger partial charge in [-0.05, 0) is 6.04 Å². The van der Waals surface area contributed by atoms with Gasteiger partial charge in [0.1, 0.15) is 0 Å². The molecule has 0 aromatic carbocycles. The molecule has 0 aromatic rings. The molecule has 1 heterocycles. The topological polar surface area (TPSA) is 83.1 Å². The van der Waals surface area contributed by atoms with Crippen LogP contribution in [-0.2, 0) is 37.0 Å². The molecule has 1 saturated heterocycles. The Kier molecular flexibility index (Phi) is 30.8. The number of unbranched alkanes of at least 4 members (excludes halogenated alkanes) is 15. The second-order valence-electron chi connectivity index (χ2n) is 9.23. The zero-order valence-electron chi connectivity index (χ0n) is 22.9. The van der Waals surface area contributed by atoms with E-state index in [9.17, 15) is 0 Å². The molecular formula is C18H54O9Si9. The summed E-state index contributed by atoms with van der Waals surface area (Å²) in [6.07, 6.45) is 22.2. The van der Waals surface area contributed by atoms with Crippen molar-refractivity contribution in [2.45, 2.75) is 116 Å². The molecule has 9 nitrogen and oxygen atoms in total. The van der Waals surface area contributed by atoms with Gasteiger partial charge < -0.3 is 37.0 Å². The van der Waals surface area contributed by atoms with Crippen LogP contribution < -0.4 is 0 Å². The van der Waals surface area contributed by atoms with Crippen molar-refractivity contribution < 1.29 is 37.0 Å². The standard InChI is InChI=1S/C18H54O9Si9/c1-2-3-4-5-6-7-8-9-10-11-12-13-14-15-16-17-18-36-26-34-24-32-22-30-20-28-19-29-21-31-23-33-25-35-27-36/h36H,2-18,28-35H2,1H3. The molecule has 36 heavy (non-hydrogen) atoms. The first kappa shape index (κ1) is 35.6. The average Bonchev–Trinajstić information content (AvgIpc) is 2.89. The van der Waals surface area contributed by atoms with Crippen LogP contribution in [0.2, 0.25) is 6.04 Å². The van der Waals surface area contributed by atoms with Crippen LogP contribution in [0.1, 0.15) is 110 Å². The summed E-state index contributed by atoms with van der Waals surface area (Å²) in [5.74, 6) is 0. The monoisotopic (exact) mass is 666 g/mol. The van der Waals surface area contributed by atoms with E-state index < -0.39 is 89.3 Å². The van der Waals surface area contributed by atoms with Crippen molar-refractivity contribution in [1.29, 1.82) is 0 Å². The highest BCUT2D eigenvalue weighted by atomic mass is 28.4. The van der Waals surface area contributed by atoms with Gasteiger partial charge >= 0.3 is 9.28 Å². The van der Waals surface area contributed by atoms with Gasteiger partial charge in [-0.25, -0.2) is 0 Å². The highest BCUT2D eigenvalue weighted by Crippen LogP contribution is 2.14. The Bertz CT molecular complexity index is 421. The second-order valence-corrected chi connectivity index (χ2v) is 26.6. The van der Waals surface area contributed by atoms with Crippen LogP contribution in [0.4, 0.5) is 0 Å². The van der Waals surface area contributed by atoms with Crippen LogP contribution in [0, 0.1) is 0 Å². The molecule has 1 aliphatic rings. The van der Waals surface area contributed by atoms with Gasteiger partial charge in [0, 0.05) is 0 Å². The van der Waals surface area contributed by atoms with Crippen LogP contribution >= 0.6 is 0 Å². The minimum atomic E-state index is -1.68. The summed E-state index contributed by atoms with van der Waals surface area (Å²) < 4.78 is 51.2. The highest BCUT2D eigenvalue weighted by molar-refractivity contribution is 6.58. The number of hydrogen-bond donors (Lipinski definition) is 0. The van der Waals surface area contributed by atoms with E-state index in [4.69, 9.17) is 37.0 Å². The summed E-state index contributed by atoms with van der Waals surface area (Å²) in [5.41, 5.74) is 0. The molecule has 18 heteroatoms. The van der Waals surface area contributed by atoms with Crippen molar-refractivity contribution >= 4 is 89.3 Å². The molecule has 0 saturated carbocycles. The first-order valence-corrected chi connectivity index (χ1v) is 25.2. The first-order chi connectivity index (χ1) is 17.9. The molecule has 0 amide bonds. The third-order valence-electron chi connectivity index (χ3n) is 5.97. The lowest BCUT2D eigenvalue weighted by atomic mass is 10.0. The Balaban J connectivity index is 1.97. The Labute approximate surface area is 241 Å². The lowest BCUT2D eigenvalue weighted by molar-refractivity contribution is 0.338. The largest absolute Gasteiger partial charge is 0.425 e. The van der Waals surface area contributed by atoms with Gasteiger partial charge in [0.05, 0.1) is 0 Å². The van der Waals surface area contributed by atoms with Crippen molar-refractivity contribution in [2.24, 2.45) is 0 Å². The number of hydrogen-bond acceptors (Lipinski definition) is 9. The maximum atomic E-state index is 6.08. The molecule has 0 bridgehead atoms. The van der Waals surface area contributed by atoms with Crippen molar-refractivity contribution in [3.05, 3.63) is 0 Å². The highest BCUT2D eigenvalue weighted by Gasteiger charge is 2.13. The van der Waals surface area contributed by atoms with E-state index in [1.54, 1.807) is 0 Å². The molecule has 0 atom stereocenters. The van der Waals surface area contributed by atoms with Crippen LogP contribution in [0.5, 0.6) is 0 Å². The molecule has 0 aliphatic carbocycles. The molecule has 0 N–H and O–H groups in total. The summed E-state index contributed by atoms with van der Waals surface area (Å²) in [5, 5.41) is 0. The maximum Gasteiger partial charge on any atom is 0.303 e. The summed E-state index contributed by atoms with van der Waals surface area (Å²) >= 11 is 0. The molecular weight excluding hydrogens is 613 g/mol. The summed E-state index contributed by atoms with van der Waals surface area (Å²) in [6, 6.07) is 1.06. The van der Waals surface area contributed by atoms with Crippen LogP contribution in [0.25, 0.3) is 0 Å². The Morgan fingerprint density at radius 1 is 0.361 bits per heavy atom. The lowest BCUT2D eigenvalue weighted by Gasteiger charge is -2.18. The molecule has 0 unspecified atom stereocenters. The molecule has 1 fully saturated rings. The summed E-state index contributed by atoms with van der Waals surface area (Å²) in [6.45, 7) is 2.29. The lowest BCUT2D eigenvalue weighted by Crippen LogP contribution is -2.30. The van der Waals surface area contributed by atoms with E-state index in [2.05, 4.69) is 6.92 Å². The quantitative estimate of drug-likeness (QED) is 0.138. The fourth-order valence-electron chi connectivity index (χ4n) is 3.91. The van der Waals surface area contributed by atoms with E-state index in [0.717, 1.165) is 6.04 Å². The zero-order valence-corrected chi connectivity index (χ0v) is 35.4. The molecule has 0 spiro atoms. The minimum absolute atomic E-state index is 0.937. The maximum absolute atomic E-state index is 6.08. The summed E-state index contributed by atoms with van der Waals surface area (Å²) in [4.78, 5) is 0. The van der Waals surface area contributed by atoms with Gasteiger partial charge in [-0.1, -0.05) is 110 Å². The van der Waals surface area contributed by atoms with Gasteiger partial charge in [0.15, 0.2) is 0 Å². The second kappa shape index (κ2) is 31.1. The van der Waals surface area contributed by atoms with Crippen molar-refractivity contribution in [3.63, 3.8) is 0 Å². The van der Waals surface area contributed by atoms with Crippen LogP contribution in [0.15, 0.2) is 0 Å². The predicted molar refractivity (Wildman–Crippen MR) is 170 cm³/mol. The van der Waals surface area contributed by atoms with E-state index in [1.807, 2.05) is 0 Å². The SMILES string of the molecule is CCCCCCCCCCCCCCCCCC[SiH]1O[SiH2]O[SiH2]O[SiH2]O[SiH2]O[SiH2]O[SiH2]O[SiH2]O[SiH2]O1. The normalized spacial score (nSPS) is 25.4. The molecule has 216 valence electrons. The zero-order chi connectivity index (χ0) is 25.6. The molecule has 1 rings (SSSR count). The molecule has 1 aliphatic heterocycles.